The first-order valence-corrected chi connectivity index (χ1v) is 7.87. The molecule has 1 aromatic carbocycles. The lowest BCUT2D eigenvalue weighted by molar-refractivity contribution is -0.120. The average Bonchev–Trinajstić information content (AvgIpc) is 2.50. The summed E-state index contributed by atoms with van der Waals surface area (Å²) in [6.07, 6.45) is 1.96. The van der Waals surface area contributed by atoms with Crippen molar-refractivity contribution in [1.29, 1.82) is 0 Å². The SMILES string of the molecule is CC(C)CCCOc1cc2c(cc1F)C=C1C(=O)NC(O)N=C1O2. The van der Waals surface area contributed by atoms with Gasteiger partial charge in [0.25, 0.3) is 5.91 Å². The van der Waals surface area contributed by atoms with E-state index in [1.54, 1.807) is 0 Å². The fraction of sp³-hybridized carbons (Fsp3) is 0.412. The van der Waals surface area contributed by atoms with Gasteiger partial charge in [-0.3, -0.25) is 4.79 Å². The third-order valence-electron chi connectivity index (χ3n) is 3.73. The Hall–Kier alpha value is -2.41. The zero-order chi connectivity index (χ0) is 17.3. The first kappa shape index (κ1) is 16.4. The molecule has 24 heavy (non-hydrogen) atoms. The van der Waals surface area contributed by atoms with Gasteiger partial charge in [0.15, 0.2) is 11.6 Å². The summed E-state index contributed by atoms with van der Waals surface area (Å²) < 4.78 is 25.2. The third kappa shape index (κ3) is 3.41. The molecule has 0 fully saturated rings. The summed E-state index contributed by atoms with van der Waals surface area (Å²) in [5, 5.41) is 11.7. The van der Waals surface area contributed by atoms with Gasteiger partial charge in [0.2, 0.25) is 12.2 Å². The fourth-order valence-corrected chi connectivity index (χ4v) is 2.51. The number of aliphatic hydroxyl groups is 1. The van der Waals surface area contributed by atoms with Gasteiger partial charge in [0.1, 0.15) is 11.3 Å². The van der Waals surface area contributed by atoms with Crippen molar-refractivity contribution in [3.63, 3.8) is 0 Å². The van der Waals surface area contributed by atoms with Crippen molar-refractivity contribution in [1.82, 2.24) is 5.32 Å². The van der Waals surface area contributed by atoms with E-state index in [2.05, 4.69) is 24.2 Å². The highest BCUT2D eigenvalue weighted by atomic mass is 19.1. The molecule has 2 heterocycles. The van der Waals surface area contributed by atoms with E-state index in [4.69, 9.17) is 9.47 Å². The maximum atomic E-state index is 14.2. The molecular formula is C17H19FN2O4. The standard InChI is InChI=1S/C17H19FN2O4/c1-9(2)4-3-5-23-14-8-13-10(7-12(14)18)6-11-15(21)19-17(22)20-16(11)24-13/h6-9,17,22H,3-5H2,1-2H3,(H,19,21). The second kappa shape index (κ2) is 6.60. The van der Waals surface area contributed by atoms with Crippen LogP contribution in [0.5, 0.6) is 11.5 Å². The van der Waals surface area contributed by atoms with Crippen molar-refractivity contribution in [2.24, 2.45) is 10.9 Å². The smallest absolute Gasteiger partial charge is 0.260 e. The average molecular weight is 334 g/mol. The van der Waals surface area contributed by atoms with Crippen LogP contribution >= 0.6 is 0 Å². The molecule has 2 aliphatic rings. The van der Waals surface area contributed by atoms with Crippen LogP contribution in [0.25, 0.3) is 6.08 Å². The topological polar surface area (TPSA) is 80.2 Å². The Morgan fingerprint density at radius 3 is 3.00 bits per heavy atom. The van der Waals surface area contributed by atoms with Gasteiger partial charge in [0.05, 0.1) is 6.61 Å². The zero-order valence-electron chi connectivity index (χ0n) is 13.5. The summed E-state index contributed by atoms with van der Waals surface area (Å²) in [7, 11) is 0. The largest absolute Gasteiger partial charge is 0.490 e. The zero-order valence-corrected chi connectivity index (χ0v) is 13.5. The first-order valence-electron chi connectivity index (χ1n) is 7.87. The van der Waals surface area contributed by atoms with Crippen LogP contribution in [0.4, 0.5) is 4.39 Å². The molecule has 0 radical (unpaired) electrons. The summed E-state index contributed by atoms with van der Waals surface area (Å²) in [5.74, 6) is -0.0368. The van der Waals surface area contributed by atoms with Crippen molar-refractivity contribution < 1.29 is 23.8 Å². The minimum absolute atomic E-state index is 0.0103. The molecule has 0 saturated carbocycles. The second-order valence-electron chi connectivity index (χ2n) is 6.15. The van der Waals surface area contributed by atoms with E-state index >= 15 is 0 Å². The molecule has 1 aromatic rings. The summed E-state index contributed by atoms with van der Waals surface area (Å²) in [4.78, 5) is 15.6. The maximum absolute atomic E-state index is 14.2. The number of hydrogen-bond acceptors (Lipinski definition) is 5. The van der Waals surface area contributed by atoms with E-state index in [0.29, 0.717) is 23.8 Å². The first-order chi connectivity index (χ1) is 11.4. The van der Waals surface area contributed by atoms with Crippen molar-refractivity contribution in [2.75, 3.05) is 6.61 Å². The predicted octanol–water partition coefficient (Wildman–Crippen LogP) is 2.22. The highest BCUT2D eigenvalue weighted by Crippen LogP contribution is 2.34. The molecule has 0 bridgehead atoms. The van der Waals surface area contributed by atoms with E-state index in [-0.39, 0.29) is 17.2 Å². The van der Waals surface area contributed by atoms with Gasteiger partial charge in [-0.1, -0.05) is 13.8 Å². The lowest BCUT2D eigenvalue weighted by Gasteiger charge is -2.24. The van der Waals surface area contributed by atoms with Crippen molar-refractivity contribution in [2.45, 2.75) is 33.0 Å². The van der Waals surface area contributed by atoms with Crippen LogP contribution in [0.1, 0.15) is 32.3 Å². The van der Waals surface area contributed by atoms with Crippen molar-refractivity contribution in [3.8, 4) is 11.5 Å². The van der Waals surface area contributed by atoms with Crippen LogP contribution < -0.4 is 14.8 Å². The van der Waals surface area contributed by atoms with E-state index in [1.165, 1.54) is 18.2 Å². The Morgan fingerprint density at radius 2 is 2.25 bits per heavy atom. The Morgan fingerprint density at radius 1 is 1.46 bits per heavy atom. The van der Waals surface area contributed by atoms with E-state index in [0.717, 1.165) is 12.8 Å². The summed E-state index contributed by atoms with van der Waals surface area (Å²) in [6, 6.07) is 2.70. The number of aliphatic hydroxyl groups excluding tert-OH is 1. The number of nitrogens with zero attached hydrogens (tertiary/aromatic N) is 1. The van der Waals surface area contributed by atoms with Crippen LogP contribution in [-0.4, -0.2) is 29.9 Å². The van der Waals surface area contributed by atoms with Gasteiger partial charge in [-0.2, -0.15) is 4.99 Å². The number of hydrogen-bond donors (Lipinski definition) is 2. The number of nitrogens with one attached hydrogen (secondary N) is 1. The number of halogens is 1. The lowest BCUT2D eigenvalue weighted by Crippen LogP contribution is -2.43. The Balaban J connectivity index is 1.81. The van der Waals surface area contributed by atoms with Crippen LogP contribution in [0.3, 0.4) is 0 Å². The third-order valence-corrected chi connectivity index (χ3v) is 3.73. The fourth-order valence-electron chi connectivity index (χ4n) is 2.51. The van der Waals surface area contributed by atoms with E-state index < -0.39 is 18.1 Å². The molecule has 1 atom stereocenters. The molecule has 0 spiro atoms. The van der Waals surface area contributed by atoms with Crippen molar-refractivity contribution >= 4 is 17.9 Å². The van der Waals surface area contributed by atoms with Crippen LogP contribution in [-0.2, 0) is 4.79 Å². The van der Waals surface area contributed by atoms with E-state index in [9.17, 15) is 14.3 Å². The maximum Gasteiger partial charge on any atom is 0.260 e. The number of fused-ring (bicyclic) bond motifs is 2. The molecule has 2 N–H and O–H groups in total. The van der Waals surface area contributed by atoms with Crippen LogP contribution in [0.15, 0.2) is 22.7 Å². The normalized spacial score (nSPS) is 18.9. The lowest BCUT2D eigenvalue weighted by atomic mass is 10.0. The highest BCUT2D eigenvalue weighted by molar-refractivity contribution is 6.24. The number of carbonyl (C=O) groups is 1. The van der Waals surface area contributed by atoms with Gasteiger partial charge in [-0.25, -0.2) is 4.39 Å². The van der Waals surface area contributed by atoms with E-state index in [1.807, 2.05) is 0 Å². The molecule has 0 aliphatic carbocycles. The monoisotopic (exact) mass is 334 g/mol. The highest BCUT2D eigenvalue weighted by Gasteiger charge is 2.30. The van der Waals surface area contributed by atoms with Gasteiger partial charge in [-0.05, 0) is 30.9 Å². The second-order valence-corrected chi connectivity index (χ2v) is 6.15. The number of ether oxygens (including phenoxy) is 2. The molecule has 7 heteroatoms. The quantitative estimate of drug-likeness (QED) is 0.809. The Kier molecular flexibility index (Phi) is 4.53. The van der Waals surface area contributed by atoms with Gasteiger partial charge < -0.3 is 19.9 Å². The minimum atomic E-state index is -1.35. The molecule has 0 aromatic heterocycles. The molecular weight excluding hydrogens is 315 g/mol. The van der Waals surface area contributed by atoms with Crippen LogP contribution in [0.2, 0.25) is 0 Å². The van der Waals surface area contributed by atoms with Crippen molar-refractivity contribution in [3.05, 3.63) is 29.1 Å². The molecule has 128 valence electrons. The summed E-state index contributed by atoms with van der Waals surface area (Å²) in [6.45, 7) is 4.65. The van der Waals surface area contributed by atoms with Gasteiger partial charge >= 0.3 is 0 Å². The number of aliphatic imine (C=N–C) groups is 1. The van der Waals surface area contributed by atoms with Gasteiger partial charge in [0, 0.05) is 11.6 Å². The number of benzene rings is 1. The Bertz CT molecular complexity index is 728. The molecule has 0 saturated heterocycles. The molecule has 2 aliphatic heterocycles. The molecule has 6 nitrogen and oxygen atoms in total. The number of amides is 1. The number of carbonyl (C=O) groups excluding carboxylic acids is 1. The molecule has 1 unspecified atom stereocenters. The molecule has 1 amide bonds. The predicted molar refractivity (Wildman–Crippen MR) is 86.2 cm³/mol. The minimum Gasteiger partial charge on any atom is -0.490 e. The molecule has 3 rings (SSSR count). The summed E-state index contributed by atoms with van der Waals surface area (Å²) >= 11 is 0. The Labute approximate surface area is 139 Å². The summed E-state index contributed by atoms with van der Waals surface area (Å²) in [5.41, 5.74) is 0.570. The van der Waals surface area contributed by atoms with Gasteiger partial charge in [-0.15, -0.1) is 0 Å². The van der Waals surface area contributed by atoms with Crippen LogP contribution in [0, 0.1) is 11.7 Å². The number of rotatable bonds is 5.